The highest BCUT2D eigenvalue weighted by Crippen LogP contribution is 2.20. The summed E-state index contributed by atoms with van der Waals surface area (Å²) in [6.07, 6.45) is 0. The van der Waals surface area contributed by atoms with Gasteiger partial charge in [-0.3, -0.25) is 0 Å². The predicted octanol–water partition coefficient (Wildman–Crippen LogP) is 3.86. The van der Waals surface area contributed by atoms with Crippen LogP contribution < -0.4 is 5.32 Å². The molecule has 0 fully saturated rings. The monoisotopic (exact) mass is 408 g/mol. The van der Waals surface area contributed by atoms with Crippen LogP contribution in [0, 0.1) is 18.3 Å². The van der Waals surface area contributed by atoms with Crippen molar-refractivity contribution in [2.75, 3.05) is 5.32 Å². The Bertz CT molecular complexity index is 854. The molecule has 7 heteroatoms. The van der Waals surface area contributed by atoms with E-state index in [0.717, 1.165) is 10.0 Å². The van der Waals surface area contributed by atoms with E-state index in [-0.39, 0.29) is 9.88 Å². The minimum atomic E-state index is -3.87. The summed E-state index contributed by atoms with van der Waals surface area (Å²) in [5.74, 6) is 0. The van der Waals surface area contributed by atoms with Crippen LogP contribution in [0.1, 0.15) is 5.56 Å². The summed E-state index contributed by atoms with van der Waals surface area (Å²) in [5.41, 5.74) is 1.56. The predicted molar refractivity (Wildman–Crippen MR) is 98.1 cm³/mol. The molecule has 118 valence electrons. The van der Waals surface area contributed by atoms with Gasteiger partial charge in [0.05, 0.1) is 11.0 Å². The van der Waals surface area contributed by atoms with Gasteiger partial charge < -0.3 is 5.32 Å². The van der Waals surface area contributed by atoms with Crippen molar-refractivity contribution in [1.29, 1.82) is 5.26 Å². The van der Waals surface area contributed by atoms with Crippen LogP contribution in [-0.4, -0.2) is 18.7 Å². The molecule has 0 aromatic heterocycles. The van der Waals surface area contributed by atoms with E-state index < -0.39 is 15.1 Å². The van der Waals surface area contributed by atoms with E-state index >= 15 is 0 Å². The van der Waals surface area contributed by atoms with Gasteiger partial charge in [-0.1, -0.05) is 45.8 Å². The zero-order valence-corrected chi connectivity index (χ0v) is 15.4. The van der Waals surface area contributed by atoms with Crippen molar-refractivity contribution >= 4 is 48.7 Å². The minimum Gasteiger partial charge on any atom is -0.348 e. The summed E-state index contributed by atoms with van der Waals surface area (Å²) in [6, 6.07) is 15.2. The Balaban J connectivity index is 2.27. The van der Waals surface area contributed by atoms with E-state index in [1.54, 1.807) is 42.5 Å². The molecule has 1 atom stereocenters. The van der Waals surface area contributed by atoms with Gasteiger partial charge >= 0.3 is 0 Å². The first-order chi connectivity index (χ1) is 10.8. The zero-order chi connectivity index (χ0) is 17.0. The van der Waals surface area contributed by atoms with Crippen molar-refractivity contribution < 1.29 is 8.42 Å². The molecule has 1 N–H and O–H groups in total. The van der Waals surface area contributed by atoms with Crippen LogP contribution in [0.3, 0.4) is 0 Å². The summed E-state index contributed by atoms with van der Waals surface area (Å²) in [4.78, 5) is 0.0324. The van der Waals surface area contributed by atoms with Gasteiger partial charge in [0.15, 0.2) is 0 Å². The van der Waals surface area contributed by atoms with Crippen LogP contribution in [0.2, 0.25) is 0 Å². The topological polar surface area (TPSA) is 70.0 Å². The molecule has 23 heavy (non-hydrogen) atoms. The molecule has 0 heterocycles. The number of anilines is 1. The van der Waals surface area contributed by atoms with Gasteiger partial charge in [0.25, 0.3) is 0 Å². The number of nitrogens with one attached hydrogen (secondary N) is 1. The van der Waals surface area contributed by atoms with Gasteiger partial charge in [-0.25, -0.2) is 8.42 Å². The maximum absolute atomic E-state index is 12.6. The van der Waals surface area contributed by atoms with Gasteiger partial charge in [-0.2, -0.15) is 5.26 Å². The third kappa shape index (κ3) is 4.16. The largest absolute Gasteiger partial charge is 0.348 e. The van der Waals surface area contributed by atoms with Crippen LogP contribution >= 0.6 is 28.1 Å². The molecule has 0 spiro atoms. The fourth-order valence-corrected chi connectivity index (χ4v) is 3.96. The summed E-state index contributed by atoms with van der Waals surface area (Å²) in [7, 11) is -3.87. The SMILES string of the molecule is Cc1ccc(S(=O)(=O)C(C#N)C(=S)Nc2ccc(Br)cc2)cc1. The molecule has 0 saturated heterocycles. The summed E-state index contributed by atoms with van der Waals surface area (Å²) >= 11 is 8.45. The smallest absolute Gasteiger partial charge is 0.202 e. The normalized spacial score (nSPS) is 12.2. The first-order valence-corrected chi connectivity index (χ1v) is 9.36. The van der Waals surface area contributed by atoms with Gasteiger partial charge in [0.1, 0.15) is 4.99 Å². The minimum absolute atomic E-state index is 0.0459. The highest BCUT2D eigenvalue weighted by molar-refractivity contribution is 9.10. The van der Waals surface area contributed by atoms with Crippen molar-refractivity contribution in [3.63, 3.8) is 0 Å². The number of sulfone groups is 1. The van der Waals surface area contributed by atoms with E-state index in [0.29, 0.717) is 5.69 Å². The number of halogens is 1. The number of hydrogen-bond donors (Lipinski definition) is 1. The number of nitriles is 1. The van der Waals surface area contributed by atoms with Crippen molar-refractivity contribution in [3.8, 4) is 6.07 Å². The molecule has 2 rings (SSSR count). The van der Waals surface area contributed by atoms with Crippen molar-refractivity contribution in [2.24, 2.45) is 0 Å². The molecule has 0 radical (unpaired) electrons. The second-order valence-electron chi connectivity index (χ2n) is 4.86. The van der Waals surface area contributed by atoms with Crippen LogP contribution in [0.15, 0.2) is 57.9 Å². The lowest BCUT2D eigenvalue weighted by Crippen LogP contribution is -2.32. The van der Waals surface area contributed by atoms with Crippen molar-refractivity contribution in [1.82, 2.24) is 0 Å². The molecule has 0 aliphatic carbocycles. The van der Waals surface area contributed by atoms with Gasteiger partial charge in [-0.15, -0.1) is 0 Å². The Hall–Kier alpha value is -1.75. The second kappa shape index (κ2) is 7.21. The lowest BCUT2D eigenvalue weighted by atomic mass is 10.2. The Labute approximate surface area is 149 Å². The fourth-order valence-electron chi connectivity index (χ4n) is 1.87. The molecule has 0 amide bonds. The number of aryl methyl sites for hydroxylation is 1. The molecular formula is C16H13BrN2O2S2. The first kappa shape index (κ1) is 17.6. The molecule has 4 nitrogen and oxygen atoms in total. The van der Waals surface area contributed by atoms with E-state index in [1.807, 2.05) is 6.92 Å². The van der Waals surface area contributed by atoms with Crippen LogP contribution in [0.4, 0.5) is 5.69 Å². The highest BCUT2D eigenvalue weighted by Gasteiger charge is 2.31. The summed E-state index contributed by atoms with van der Waals surface area (Å²) in [5, 5.41) is 10.7. The fraction of sp³-hybridized carbons (Fsp3) is 0.125. The molecule has 0 aliphatic heterocycles. The molecule has 2 aromatic carbocycles. The van der Waals surface area contributed by atoms with E-state index in [9.17, 15) is 13.7 Å². The number of thiocarbonyl (C=S) groups is 1. The highest BCUT2D eigenvalue weighted by atomic mass is 79.9. The average Bonchev–Trinajstić information content (AvgIpc) is 2.50. The Morgan fingerprint density at radius 1 is 1.17 bits per heavy atom. The standard InChI is InChI=1S/C16H13BrN2O2S2/c1-11-2-8-14(9-3-11)23(20,21)15(10-18)16(22)19-13-6-4-12(17)5-7-13/h2-9,15H,1H3,(H,19,22). The lowest BCUT2D eigenvalue weighted by Gasteiger charge is -2.14. The van der Waals surface area contributed by atoms with Crippen LogP contribution in [-0.2, 0) is 9.84 Å². The Morgan fingerprint density at radius 3 is 2.26 bits per heavy atom. The number of nitrogens with zero attached hydrogens (tertiary/aromatic N) is 1. The molecule has 0 saturated carbocycles. The molecule has 0 bridgehead atoms. The van der Waals surface area contributed by atoms with Crippen molar-refractivity contribution in [2.45, 2.75) is 17.1 Å². The molecule has 0 aliphatic rings. The maximum Gasteiger partial charge on any atom is 0.202 e. The zero-order valence-electron chi connectivity index (χ0n) is 12.2. The van der Waals surface area contributed by atoms with E-state index in [4.69, 9.17) is 12.2 Å². The summed E-state index contributed by atoms with van der Waals surface area (Å²) in [6.45, 7) is 1.86. The van der Waals surface area contributed by atoms with Crippen LogP contribution in [0.25, 0.3) is 0 Å². The Morgan fingerprint density at radius 2 is 1.74 bits per heavy atom. The quantitative estimate of drug-likeness (QED) is 0.777. The van der Waals surface area contributed by atoms with E-state index in [2.05, 4.69) is 21.2 Å². The Kier molecular flexibility index (Phi) is 5.52. The maximum atomic E-state index is 12.6. The number of benzene rings is 2. The average molecular weight is 409 g/mol. The van der Waals surface area contributed by atoms with Crippen LogP contribution in [0.5, 0.6) is 0 Å². The van der Waals surface area contributed by atoms with Gasteiger partial charge in [-0.05, 0) is 43.3 Å². The number of hydrogen-bond acceptors (Lipinski definition) is 4. The molecule has 2 aromatic rings. The first-order valence-electron chi connectivity index (χ1n) is 6.61. The van der Waals surface area contributed by atoms with Crippen molar-refractivity contribution in [3.05, 3.63) is 58.6 Å². The molecular weight excluding hydrogens is 396 g/mol. The second-order valence-corrected chi connectivity index (χ2v) is 8.25. The third-order valence-electron chi connectivity index (χ3n) is 3.13. The molecule has 1 unspecified atom stereocenters. The summed E-state index contributed by atoms with van der Waals surface area (Å²) < 4.78 is 26.1. The lowest BCUT2D eigenvalue weighted by molar-refractivity contribution is 0.596. The van der Waals surface area contributed by atoms with Gasteiger partial charge in [0, 0.05) is 10.2 Å². The van der Waals surface area contributed by atoms with Gasteiger partial charge in [0.2, 0.25) is 15.1 Å². The third-order valence-corrected chi connectivity index (χ3v) is 6.03. The number of rotatable bonds is 4. The van der Waals surface area contributed by atoms with E-state index in [1.165, 1.54) is 12.1 Å².